The van der Waals surface area contributed by atoms with Crippen molar-refractivity contribution >= 4 is 39.8 Å². The molecule has 3 aromatic rings. The molecule has 0 spiro atoms. The lowest BCUT2D eigenvalue weighted by Gasteiger charge is -2.06. The highest BCUT2D eigenvalue weighted by molar-refractivity contribution is 6.33. The molecule has 4 nitrogen and oxygen atoms in total. The van der Waals surface area contributed by atoms with Crippen molar-refractivity contribution in [2.24, 2.45) is 0 Å². The van der Waals surface area contributed by atoms with Crippen molar-refractivity contribution < 1.29 is 4.79 Å². The van der Waals surface area contributed by atoms with E-state index in [-0.39, 0.29) is 5.91 Å². The van der Waals surface area contributed by atoms with Gasteiger partial charge in [-0.25, -0.2) is 0 Å². The van der Waals surface area contributed by atoms with E-state index in [1.54, 1.807) is 18.2 Å². The number of nitrogens with two attached hydrogens (primary N) is 1. The zero-order chi connectivity index (χ0) is 14.8. The van der Waals surface area contributed by atoms with Gasteiger partial charge in [-0.05, 0) is 29.8 Å². The SMILES string of the molecule is Nc1cc(NC(=O)Cc2c[nH]c3ccccc23)ccc1Cl. The molecule has 21 heavy (non-hydrogen) atoms. The molecule has 0 radical (unpaired) electrons. The first-order valence-electron chi connectivity index (χ1n) is 6.53. The second-order valence-electron chi connectivity index (χ2n) is 4.82. The van der Waals surface area contributed by atoms with Crippen molar-refractivity contribution in [1.82, 2.24) is 4.98 Å². The molecular weight excluding hydrogens is 286 g/mol. The van der Waals surface area contributed by atoms with E-state index in [0.717, 1.165) is 16.5 Å². The number of hydrogen-bond acceptors (Lipinski definition) is 2. The van der Waals surface area contributed by atoms with Crippen molar-refractivity contribution in [1.29, 1.82) is 0 Å². The quantitative estimate of drug-likeness (QED) is 0.647. The Morgan fingerprint density at radius 1 is 1.24 bits per heavy atom. The van der Waals surface area contributed by atoms with E-state index in [4.69, 9.17) is 17.3 Å². The van der Waals surface area contributed by atoms with Gasteiger partial charge in [0.05, 0.1) is 17.1 Å². The number of para-hydroxylation sites is 1. The number of aromatic nitrogens is 1. The number of rotatable bonds is 3. The predicted molar refractivity (Wildman–Crippen MR) is 86.5 cm³/mol. The summed E-state index contributed by atoms with van der Waals surface area (Å²) in [5, 5.41) is 4.36. The van der Waals surface area contributed by atoms with Gasteiger partial charge in [0.25, 0.3) is 0 Å². The maximum absolute atomic E-state index is 12.1. The number of nitrogen functional groups attached to an aromatic ring is 1. The number of anilines is 2. The average molecular weight is 300 g/mol. The van der Waals surface area contributed by atoms with E-state index in [1.807, 2.05) is 30.5 Å². The summed E-state index contributed by atoms with van der Waals surface area (Å²) >= 11 is 5.86. The van der Waals surface area contributed by atoms with Crippen LogP contribution in [-0.2, 0) is 11.2 Å². The van der Waals surface area contributed by atoms with Crippen LogP contribution in [0.25, 0.3) is 10.9 Å². The Hall–Kier alpha value is -2.46. The number of nitrogens with one attached hydrogen (secondary N) is 2. The van der Waals surface area contributed by atoms with Gasteiger partial charge < -0.3 is 16.0 Å². The second-order valence-corrected chi connectivity index (χ2v) is 5.23. The number of carbonyl (C=O) groups excluding carboxylic acids is 1. The summed E-state index contributed by atoms with van der Waals surface area (Å²) in [6.45, 7) is 0. The summed E-state index contributed by atoms with van der Waals surface area (Å²) in [5.74, 6) is -0.0959. The maximum atomic E-state index is 12.1. The molecule has 0 atom stereocenters. The molecule has 3 rings (SSSR count). The van der Waals surface area contributed by atoms with Gasteiger partial charge in [-0.3, -0.25) is 4.79 Å². The van der Waals surface area contributed by atoms with Crippen LogP contribution in [0.15, 0.2) is 48.7 Å². The Morgan fingerprint density at radius 3 is 2.86 bits per heavy atom. The van der Waals surface area contributed by atoms with E-state index >= 15 is 0 Å². The number of fused-ring (bicyclic) bond motifs is 1. The summed E-state index contributed by atoms with van der Waals surface area (Å²) in [6, 6.07) is 12.9. The topological polar surface area (TPSA) is 70.9 Å². The van der Waals surface area contributed by atoms with Crippen LogP contribution in [0.1, 0.15) is 5.56 Å². The zero-order valence-corrected chi connectivity index (χ0v) is 11.9. The Labute approximate surface area is 126 Å². The van der Waals surface area contributed by atoms with Crippen LogP contribution in [0.5, 0.6) is 0 Å². The third-order valence-electron chi connectivity index (χ3n) is 3.31. The Kier molecular flexibility index (Phi) is 3.54. The predicted octanol–water partition coefficient (Wildman–Crippen LogP) is 3.58. The van der Waals surface area contributed by atoms with E-state index in [9.17, 15) is 4.79 Å². The minimum atomic E-state index is -0.0959. The van der Waals surface area contributed by atoms with Gasteiger partial charge in [0.15, 0.2) is 0 Å². The van der Waals surface area contributed by atoms with E-state index in [1.165, 1.54) is 0 Å². The molecule has 5 heteroatoms. The van der Waals surface area contributed by atoms with E-state index in [2.05, 4.69) is 10.3 Å². The molecule has 0 aliphatic heterocycles. The van der Waals surface area contributed by atoms with Gasteiger partial charge in [0.2, 0.25) is 5.91 Å². The molecule has 1 heterocycles. The molecular formula is C16H14ClN3O. The molecule has 0 saturated heterocycles. The summed E-state index contributed by atoms with van der Waals surface area (Å²) in [4.78, 5) is 15.3. The summed E-state index contributed by atoms with van der Waals surface area (Å²) in [5.41, 5.74) is 8.79. The molecule has 4 N–H and O–H groups in total. The van der Waals surface area contributed by atoms with Crippen LogP contribution in [0.4, 0.5) is 11.4 Å². The molecule has 0 bridgehead atoms. The molecule has 0 saturated carbocycles. The standard InChI is InChI=1S/C16H14ClN3O/c17-13-6-5-11(8-14(13)18)20-16(21)7-10-9-19-15-4-2-1-3-12(10)15/h1-6,8-9,19H,7,18H2,(H,20,21). The van der Waals surface area contributed by atoms with Crippen LogP contribution in [0, 0.1) is 0 Å². The lowest BCUT2D eigenvalue weighted by Crippen LogP contribution is -2.14. The van der Waals surface area contributed by atoms with Gasteiger partial charge in [0, 0.05) is 22.8 Å². The maximum Gasteiger partial charge on any atom is 0.228 e. The molecule has 0 fully saturated rings. The summed E-state index contributed by atoms with van der Waals surface area (Å²) in [7, 11) is 0. The summed E-state index contributed by atoms with van der Waals surface area (Å²) < 4.78 is 0. The fourth-order valence-electron chi connectivity index (χ4n) is 2.28. The van der Waals surface area contributed by atoms with Gasteiger partial charge in [-0.15, -0.1) is 0 Å². The van der Waals surface area contributed by atoms with Crippen molar-refractivity contribution in [2.75, 3.05) is 11.1 Å². The number of H-pyrrole nitrogens is 1. The number of carbonyl (C=O) groups is 1. The first-order valence-corrected chi connectivity index (χ1v) is 6.91. The van der Waals surface area contributed by atoms with Crippen molar-refractivity contribution in [3.63, 3.8) is 0 Å². The first-order chi connectivity index (χ1) is 10.1. The average Bonchev–Trinajstić information content (AvgIpc) is 2.86. The highest BCUT2D eigenvalue weighted by Crippen LogP contribution is 2.23. The van der Waals surface area contributed by atoms with Gasteiger partial charge in [0.1, 0.15) is 0 Å². The van der Waals surface area contributed by atoms with Crippen LogP contribution in [0.2, 0.25) is 5.02 Å². The molecule has 106 valence electrons. The second kappa shape index (κ2) is 5.50. The van der Waals surface area contributed by atoms with E-state index in [0.29, 0.717) is 22.8 Å². The molecule has 0 aliphatic carbocycles. The molecule has 0 unspecified atom stereocenters. The lowest BCUT2D eigenvalue weighted by molar-refractivity contribution is -0.115. The minimum absolute atomic E-state index is 0.0959. The fourth-order valence-corrected chi connectivity index (χ4v) is 2.40. The minimum Gasteiger partial charge on any atom is -0.397 e. The van der Waals surface area contributed by atoms with Crippen molar-refractivity contribution in [3.05, 3.63) is 59.2 Å². The monoisotopic (exact) mass is 299 g/mol. The van der Waals surface area contributed by atoms with Crippen molar-refractivity contribution in [2.45, 2.75) is 6.42 Å². The Bertz CT molecular complexity index is 810. The normalized spacial score (nSPS) is 10.7. The largest absolute Gasteiger partial charge is 0.397 e. The fraction of sp³-hybridized carbons (Fsp3) is 0.0625. The number of amides is 1. The highest BCUT2D eigenvalue weighted by atomic mass is 35.5. The number of benzene rings is 2. The van der Waals surface area contributed by atoms with Crippen molar-refractivity contribution in [3.8, 4) is 0 Å². The molecule has 1 amide bonds. The van der Waals surface area contributed by atoms with Crippen LogP contribution >= 0.6 is 11.6 Å². The smallest absolute Gasteiger partial charge is 0.228 e. The van der Waals surface area contributed by atoms with Gasteiger partial charge in [-0.2, -0.15) is 0 Å². The number of hydrogen-bond donors (Lipinski definition) is 3. The third-order valence-corrected chi connectivity index (χ3v) is 3.65. The number of aromatic amines is 1. The lowest BCUT2D eigenvalue weighted by atomic mass is 10.1. The Balaban J connectivity index is 1.75. The van der Waals surface area contributed by atoms with Gasteiger partial charge >= 0.3 is 0 Å². The highest BCUT2D eigenvalue weighted by Gasteiger charge is 2.09. The summed E-state index contributed by atoms with van der Waals surface area (Å²) in [6.07, 6.45) is 2.16. The molecule has 2 aromatic carbocycles. The number of halogens is 1. The Morgan fingerprint density at radius 2 is 2.05 bits per heavy atom. The zero-order valence-electron chi connectivity index (χ0n) is 11.2. The molecule has 0 aliphatic rings. The third kappa shape index (κ3) is 2.85. The van der Waals surface area contributed by atoms with Crippen LogP contribution < -0.4 is 11.1 Å². The first kappa shape index (κ1) is 13.5. The molecule has 1 aromatic heterocycles. The van der Waals surface area contributed by atoms with Gasteiger partial charge in [-0.1, -0.05) is 29.8 Å². The van der Waals surface area contributed by atoms with Crippen LogP contribution in [0.3, 0.4) is 0 Å². The van der Waals surface area contributed by atoms with Crippen LogP contribution in [-0.4, -0.2) is 10.9 Å². The van der Waals surface area contributed by atoms with E-state index < -0.39 is 0 Å².